The first-order valence-corrected chi connectivity index (χ1v) is 6.63. The minimum atomic E-state index is -0.607. The van der Waals surface area contributed by atoms with Crippen LogP contribution in [0.15, 0.2) is 18.2 Å². The van der Waals surface area contributed by atoms with Crippen molar-refractivity contribution in [3.63, 3.8) is 0 Å². The number of nitrogens with one attached hydrogen (secondary N) is 1. The van der Waals surface area contributed by atoms with Gasteiger partial charge in [-0.2, -0.15) is 0 Å². The Bertz CT molecular complexity index is 529. The number of carbonyl (C=O) groups is 1. The molecule has 4 heteroatoms. The minimum Gasteiger partial charge on any atom is -0.384 e. The summed E-state index contributed by atoms with van der Waals surface area (Å²) in [5.74, 6) is 4.78. The van der Waals surface area contributed by atoms with Gasteiger partial charge in [0.2, 0.25) is 0 Å². The van der Waals surface area contributed by atoms with Crippen LogP contribution in [0.5, 0.6) is 0 Å². The van der Waals surface area contributed by atoms with Gasteiger partial charge >= 0.3 is 0 Å². The first kappa shape index (κ1) is 16.2. The molecule has 0 saturated heterocycles. The lowest BCUT2D eigenvalue weighted by Crippen LogP contribution is -2.30. The van der Waals surface area contributed by atoms with Gasteiger partial charge in [0.05, 0.1) is 5.56 Å². The predicted octanol–water partition coefficient (Wildman–Crippen LogP) is 2.19. The molecule has 0 fully saturated rings. The molecule has 0 bridgehead atoms. The van der Waals surface area contributed by atoms with Crippen molar-refractivity contribution in [1.82, 2.24) is 5.32 Å². The second kappa shape index (κ2) is 7.66. The summed E-state index contributed by atoms with van der Waals surface area (Å²) >= 11 is 0. The van der Waals surface area contributed by atoms with E-state index in [4.69, 9.17) is 5.11 Å². The minimum absolute atomic E-state index is 0.00973. The standard InChI is InChI=1S/C16H20FNO2/c1-11(2)12(3)10-18-16(20)14-7-6-13(5-4-8-19)9-15(14)17/h6-7,9,11-12,19H,8,10H2,1-3H3,(H,18,20). The van der Waals surface area contributed by atoms with Gasteiger partial charge < -0.3 is 10.4 Å². The fourth-order valence-electron chi connectivity index (χ4n) is 1.50. The summed E-state index contributed by atoms with van der Waals surface area (Å²) < 4.78 is 13.8. The van der Waals surface area contributed by atoms with Crippen molar-refractivity contribution in [3.8, 4) is 11.8 Å². The van der Waals surface area contributed by atoms with Gasteiger partial charge in [-0.25, -0.2) is 4.39 Å². The summed E-state index contributed by atoms with van der Waals surface area (Å²) in [6.45, 7) is 6.42. The van der Waals surface area contributed by atoms with Crippen molar-refractivity contribution in [1.29, 1.82) is 0 Å². The van der Waals surface area contributed by atoms with E-state index in [1.54, 1.807) is 6.07 Å². The van der Waals surface area contributed by atoms with Crippen LogP contribution in [0.25, 0.3) is 0 Å². The number of hydrogen-bond donors (Lipinski definition) is 2. The Labute approximate surface area is 119 Å². The van der Waals surface area contributed by atoms with Gasteiger partial charge in [-0.05, 0) is 30.0 Å². The Kier molecular flexibility index (Phi) is 6.20. The molecule has 0 heterocycles. The molecule has 0 saturated carbocycles. The maximum Gasteiger partial charge on any atom is 0.254 e. The van der Waals surface area contributed by atoms with Gasteiger partial charge in [-0.1, -0.05) is 32.6 Å². The SMILES string of the molecule is CC(C)C(C)CNC(=O)c1ccc(C#CCO)cc1F. The highest BCUT2D eigenvalue weighted by Gasteiger charge is 2.14. The molecule has 0 aromatic heterocycles. The van der Waals surface area contributed by atoms with Crippen molar-refractivity contribution in [2.75, 3.05) is 13.2 Å². The average molecular weight is 277 g/mol. The van der Waals surface area contributed by atoms with E-state index in [-0.39, 0.29) is 12.2 Å². The quantitative estimate of drug-likeness (QED) is 0.829. The average Bonchev–Trinajstić information content (AvgIpc) is 2.42. The number of aliphatic hydroxyl groups is 1. The van der Waals surface area contributed by atoms with Crippen LogP contribution in [0, 0.1) is 29.5 Å². The predicted molar refractivity (Wildman–Crippen MR) is 76.7 cm³/mol. The topological polar surface area (TPSA) is 49.3 Å². The molecule has 0 aliphatic carbocycles. The fraction of sp³-hybridized carbons (Fsp3) is 0.438. The van der Waals surface area contributed by atoms with Crippen LogP contribution in [0.4, 0.5) is 4.39 Å². The highest BCUT2D eigenvalue weighted by atomic mass is 19.1. The molecular weight excluding hydrogens is 257 g/mol. The molecule has 2 N–H and O–H groups in total. The Balaban J connectivity index is 2.74. The number of halogens is 1. The Morgan fingerprint density at radius 3 is 2.65 bits per heavy atom. The van der Waals surface area contributed by atoms with Gasteiger partial charge in [-0.3, -0.25) is 4.79 Å². The van der Waals surface area contributed by atoms with E-state index in [9.17, 15) is 9.18 Å². The molecule has 108 valence electrons. The maximum absolute atomic E-state index is 13.8. The lowest BCUT2D eigenvalue weighted by atomic mass is 9.98. The molecule has 1 rings (SSSR count). The van der Waals surface area contributed by atoms with Gasteiger partial charge in [-0.15, -0.1) is 0 Å². The third-order valence-electron chi connectivity index (χ3n) is 3.25. The third-order valence-corrected chi connectivity index (χ3v) is 3.25. The monoisotopic (exact) mass is 277 g/mol. The molecule has 1 amide bonds. The number of rotatable bonds is 4. The zero-order valence-electron chi connectivity index (χ0n) is 12.0. The molecule has 0 spiro atoms. The number of amides is 1. The van der Waals surface area contributed by atoms with Crippen LogP contribution in [-0.2, 0) is 0 Å². The summed E-state index contributed by atoms with van der Waals surface area (Å²) in [5.41, 5.74) is 0.444. The van der Waals surface area contributed by atoms with Gasteiger partial charge in [0, 0.05) is 12.1 Å². The van der Waals surface area contributed by atoms with Crippen LogP contribution in [0.3, 0.4) is 0 Å². The number of carbonyl (C=O) groups excluding carboxylic acids is 1. The molecule has 1 unspecified atom stereocenters. The number of benzene rings is 1. The lowest BCUT2D eigenvalue weighted by molar-refractivity contribution is 0.0941. The summed E-state index contributed by atoms with van der Waals surface area (Å²) in [6.07, 6.45) is 0. The van der Waals surface area contributed by atoms with Crippen molar-refractivity contribution in [3.05, 3.63) is 35.1 Å². The summed E-state index contributed by atoms with van der Waals surface area (Å²) in [5, 5.41) is 11.3. The third kappa shape index (κ3) is 4.67. The Morgan fingerprint density at radius 1 is 1.40 bits per heavy atom. The largest absolute Gasteiger partial charge is 0.384 e. The van der Waals surface area contributed by atoms with Crippen molar-refractivity contribution in [2.24, 2.45) is 11.8 Å². The summed E-state index contributed by atoms with van der Waals surface area (Å²) in [7, 11) is 0. The molecule has 1 aromatic carbocycles. The molecule has 1 aromatic rings. The highest BCUT2D eigenvalue weighted by Crippen LogP contribution is 2.11. The van der Waals surface area contributed by atoms with Crippen molar-refractivity contribution >= 4 is 5.91 Å². The molecule has 20 heavy (non-hydrogen) atoms. The number of aliphatic hydroxyl groups excluding tert-OH is 1. The van der Waals surface area contributed by atoms with Crippen molar-refractivity contribution in [2.45, 2.75) is 20.8 Å². The van der Waals surface area contributed by atoms with Gasteiger partial charge in [0.15, 0.2) is 0 Å². The molecule has 0 radical (unpaired) electrons. The molecule has 3 nitrogen and oxygen atoms in total. The van der Waals surface area contributed by atoms with E-state index in [0.29, 0.717) is 23.9 Å². The van der Waals surface area contributed by atoms with Crippen LogP contribution < -0.4 is 5.32 Å². The van der Waals surface area contributed by atoms with E-state index in [2.05, 4.69) is 31.0 Å². The van der Waals surface area contributed by atoms with Gasteiger partial charge in [0.1, 0.15) is 12.4 Å². The molecule has 0 aliphatic heterocycles. The Morgan fingerprint density at radius 2 is 2.10 bits per heavy atom. The van der Waals surface area contributed by atoms with E-state index >= 15 is 0 Å². The zero-order valence-corrected chi connectivity index (χ0v) is 12.0. The van der Waals surface area contributed by atoms with Crippen LogP contribution in [0.2, 0.25) is 0 Å². The van der Waals surface area contributed by atoms with E-state index in [1.807, 2.05) is 6.92 Å². The van der Waals surface area contributed by atoms with E-state index in [1.165, 1.54) is 12.1 Å². The smallest absolute Gasteiger partial charge is 0.254 e. The van der Waals surface area contributed by atoms with Crippen LogP contribution in [-0.4, -0.2) is 24.2 Å². The lowest BCUT2D eigenvalue weighted by Gasteiger charge is -2.16. The zero-order chi connectivity index (χ0) is 15.1. The molecular formula is C16H20FNO2. The molecule has 1 atom stereocenters. The highest BCUT2D eigenvalue weighted by molar-refractivity contribution is 5.94. The van der Waals surface area contributed by atoms with Gasteiger partial charge in [0.25, 0.3) is 5.91 Å². The summed E-state index contributed by atoms with van der Waals surface area (Å²) in [6, 6.07) is 4.17. The van der Waals surface area contributed by atoms with E-state index in [0.717, 1.165) is 0 Å². The normalized spacial score (nSPS) is 11.7. The number of hydrogen-bond acceptors (Lipinski definition) is 2. The first-order valence-electron chi connectivity index (χ1n) is 6.63. The summed E-state index contributed by atoms with van der Waals surface area (Å²) in [4.78, 5) is 11.9. The second-order valence-corrected chi connectivity index (χ2v) is 5.09. The Hall–Kier alpha value is -1.86. The first-order chi connectivity index (χ1) is 9.45. The molecule has 0 aliphatic rings. The van der Waals surface area contributed by atoms with Crippen LogP contribution >= 0.6 is 0 Å². The maximum atomic E-state index is 13.8. The fourth-order valence-corrected chi connectivity index (χ4v) is 1.50. The van der Waals surface area contributed by atoms with Crippen LogP contribution in [0.1, 0.15) is 36.7 Å². The van der Waals surface area contributed by atoms with Crippen molar-refractivity contribution < 1.29 is 14.3 Å². The second-order valence-electron chi connectivity index (χ2n) is 5.09. The van der Waals surface area contributed by atoms with E-state index < -0.39 is 11.7 Å².